The van der Waals surface area contributed by atoms with Gasteiger partial charge in [0.1, 0.15) is 5.78 Å². The molecule has 0 amide bonds. The summed E-state index contributed by atoms with van der Waals surface area (Å²) in [5, 5.41) is 0. The van der Waals surface area contributed by atoms with E-state index in [2.05, 4.69) is 6.92 Å². The van der Waals surface area contributed by atoms with Crippen LogP contribution < -0.4 is 0 Å². The molecule has 1 radical (unpaired) electrons. The Balaban J connectivity index is 3.64. The van der Waals surface area contributed by atoms with Crippen LogP contribution in [0.3, 0.4) is 0 Å². The molecule has 0 heterocycles. The monoisotopic (exact) mass is 141 g/mol. The highest BCUT2D eigenvalue weighted by Gasteiger charge is 2.19. The van der Waals surface area contributed by atoms with Gasteiger partial charge >= 0.3 is 0 Å². The molecule has 0 N–H and O–H groups in total. The summed E-state index contributed by atoms with van der Waals surface area (Å²) in [5.41, 5.74) is -0.185. The van der Waals surface area contributed by atoms with E-state index in [1.165, 1.54) is 0 Å². The normalized spacial score (nSPS) is 11.6. The number of rotatable bonds is 3. The predicted molar refractivity (Wildman–Crippen MR) is 43.7 cm³/mol. The summed E-state index contributed by atoms with van der Waals surface area (Å²) in [6.45, 7) is 7.91. The van der Waals surface area contributed by atoms with Crippen LogP contribution in [0.15, 0.2) is 0 Å². The number of hydrogen-bond acceptors (Lipinski definition) is 1. The van der Waals surface area contributed by atoms with E-state index in [1.54, 1.807) is 6.42 Å². The molecule has 1 nitrogen and oxygen atoms in total. The fourth-order valence-corrected chi connectivity index (χ4v) is 0.582. The van der Waals surface area contributed by atoms with E-state index >= 15 is 0 Å². The molecule has 0 saturated heterocycles. The molecule has 0 atom stereocenters. The molecule has 0 bridgehead atoms. The van der Waals surface area contributed by atoms with Crippen molar-refractivity contribution < 1.29 is 4.79 Å². The maximum atomic E-state index is 11.2. The van der Waals surface area contributed by atoms with Gasteiger partial charge in [-0.05, 0) is 6.42 Å². The maximum absolute atomic E-state index is 11.2. The lowest BCUT2D eigenvalue weighted by atomic mass is 9.88. The molecule has 1 heteroatoms. The number of carbonyl (C=O) groups is 1. The number of hydrogen-bond donors (Lipinski definition) is 0. The van der Waals surface area contributed by atoms with Crippen LogP contribution >= 0.6 is 0 Å². The minimum absolute atomic E-state index is 0.185. The standard InChI is InChI=1S/C9H17O/c1-5-6-7-8(10)9(2,3)4/h7H,5-6H2,1-4H3. The van der Waals surface area contributed by atoms with Crippen LogP contribution in [-0.2, 0) is 4.79 Å². The van der Waals surface area contributed by atoms with Crippen molar-refractivity contribution in [1.29, 1.82) is 0 Å². The van der Waals surface area contributed by atoms with Crippen LogP contribution in [0.2, 0.25) is 0 Å². The van der Waals surface area contributed by atoms with Gasteiger partial charge in [0.05, 0.1) is 0 Å². The molecule has 0 aromatic rings. The highest BCUT2D eigenvalue weighted by atomic mass is 16.1. The lowest BCUT2D eigenvalue weighted by Crippen LogP contribution is -2.19. The van der Waals surface area contributed by atoms with Crippen LogP contribution in [0.1, 0.15) is 40.5 Å². The zero-order chi connectivity index (χ0) is 8.20. The van der Waals surface area contributed by atoms with Gasteiger partial charge in [-0.3, -0.25) is 4.79 Å². The molecular formula is C9H17O. The molecule has 0 aromatic heterocycles. The van der Waals surface area contributed by atoms with Gasteiger partial charge in [0.15, 0.2) is 0 Å². The Morgan fingerprint density at radius 2 is 1.90 bits per heavy atom. The highest BCUT2D eigenvalue weighted by molar-refractivity contribution is 5.91. The van der Waals surface area contributed by atoms with E-state index in [0.717, 1.165) is 12.8 Å². The number of carbonyl (C=O) groups excluding carboxylic acids is 1. The third-order valence-corrected chi connectivity index (χ3v) is 1.36. The lowest BCUT2D eigenvalue weighted by molar-refractivity contribution is -0.123. The Hall–Kier alpha value is -0.330. The summed E-state index contributed by atoms with van der Waals surface area (Å²) in [4.78, 5) is 11.2. The van der Waals surface area contributed by atoms with Gasteiger partial charge in [-0.15, -0.1) is 0 Å². The van der Waals surface area contributed by atoms with Gasteiger partial charge in [0, 0.05) is 11.8 Å². The van der Waals surface area contributed by atoms with Crippen LogP contribution in [-0.4, -0.2) is 5.78 Å². The van der Waals surface area contributed by atoms with Gasteiger partial charge in [0.25, 0.3) is 0 Å². The summed E-state index contributed by atoms with van der Waals surface area (Å²) in [6, 6.07) is 0. The second-order valence-corrected chi connectivity index (χ2v) is 3.61. The third kappa shape index (κ3) is 3.65. The van der Waals surface area contributed by atoms with Crippen molar-refractivity contribution in [1.82, 2.24) is 0 Å². The first-order valence-electron chi connectivity index (χ1n) is 3.86. The van der Waals surface area contributed by atoms with E-state index in [4.69, 9.17) is 0 Å². The second-order valence-electron chi connectivity index (χ2n) is 3.61. The van der Waals surface area contributed by atoms with Crippen molar-refractivity contribution in [3.63, 3.8) is 0 Å². The van der Waals surface area contributed by atoms with Crippen LogP contribution in [0.4, 0.5) is 0 Å². The van der Waals surface area contributed by atoms with E-state index in [0.29, 0.717) is 0 Å². The molecule has 10 heavy (non-hydrogen) atoms. The second kappa shape index (κ2) is 3.75. The van der Waals surface area contributed by atoms with Crippen molar-refractivity contribution >= 4 is 5.78 Å². The van der Waals surface area contributed by atoms with E-state index in [1.807, 2.05) is 20.8 Å². The van der Waals surface area contributed by atoms with Gasteiger partial charge in [-0.2, -0.15) is 0 Å². The molecule has 0 aliphatic heterocycles. The molecule has 0 saturated carbocycles. The number of Topliss-reactive ketones (excluding diaryl/α,β-unsaturated/α-hetero) is 1. The predicted octanol–water partition coefficient (Wildman–Crippen LogP) is 2.61. The summed E-state index contributed by atoms with van der Waals surface area (Å²) in [6.07, 6.45) is 3.76. The summed E-state index contributed by atoms with van der Waals surface area (Å²) < 4.78 is 0. The fourth-order valence-electron chi connectivity index (χ4n) is 0.582. The highest BCUT2D eigenvalue weighted by Crippen LogP contribution is 2.17. The first kappa shape index (κ1) is 9.67. The summed E-state index contributed by atoms with van der Waals surface area (Å²) >= 11 is 0. The first-order chi connectivity index (χ1) is 4.48. The van der Waals surface area contributed by atoms with Crippen molar-refractivity contribution in [2.45, 2.75) is 40.5 Å². The zero-order valence-corrected chi connectivity index (χ0v) is 7.40. The van der Waals surface area contributed by atoms with Gasteiger partial charge < -0.3 is 0 Å². The van der Waals surface area contributed by atoms with Crippen molar-refractivity contribution in [2.75, 3.05) is 0 Å². The van der Waals surface area contributed by atoms with E-state index in [-0.39, 0.29) is 11.2 Å². The lowest BCUT2D eigenvalue weighted by Gasteiger charge is -2.15. The summed E-state index contributed by atoms with van der Waals surface area (Å²) in [7, 11) is 0. The molecule has 0 aromatic carbocycles. The Bertz CT molecular complexity index is 108. The molecular weight excluding hydrogens is 124 g/mol. The van der Waals surface area contributed by atoms with E-state index in [9.17, 15) is 4.79 Å². The average Bonchev–Trinajstić information content (AvgIpc) is 1.80. The van der Waals surface area contributed by atoms with Crippen molar-refractivity contribution in [3.05, 3.63) is 6.42 Å². The quantitative estimate of drug-likeness (QED) is 0.590. The Morgan fingerprint density at radius 1 is 1.40 bits per heavy atom. The molecule has 0 fully saturated rings. The fraction of sp³-hybridized carbons (Fsp3) is 0.778. The average molecular weight is 141 g/mol. The summed E-state index contributed by atoms with van der Waals surface area (Å²) in [5.74, 6) is 0.259. The largest absolute Gasteiger partial charge is 0.299 e. The molecule has 0 spiro atoms. The zero-order valence-electron chi connectivity index (χ0n) is 7.40. The smallest absolute Gasteiger partial charge is 0.141 e. The van der Waals surface area contributed by atoms with E-state index < -0.39 is 0 Å². The van der Waals surface area contributed by atoms with Crippen molar-refractivity contribution in [2.24, 2.45) is 5.41 Å². The SMILES string of the molecule is CCC[CH]C(=O)C(C)(C)C. The minimum Gasteiger partial charge on any atom is -0.299 e. The number of ketones is 1. The molecule has 0 rings (SSSR count). The first-order valence-corrected chi connectivity index (χ1v) is 3.86. The van der Waals surface area contributed by atoms with Crippen molar-refractivity contribution in [3.8, 4) is 0 Å². The van der Waals surface area contributed by atoms with Gasteiger partial charge in [-0.25, -0.2) is 0 Å². The Morgan fingerprint density at radius 3 is 2.20 bits per heavy atom. The van der Waals surface area contributed by atoms with Gasteiger partial charge in [0.2, 0.25) is 0 Å². The third-order valence-electron chi connectivity index (χ3n) is 1.36. The molecule has 0 aliphatic carbocycles. The van der Waals surface area contributed by atoms with Crippen LogP contribution in [0.25, 0.3) is 0 Å². The van der Waals surface area contributed by atoms with Crippen LogP contribution in [0, 0.1) is 11.8 Å². The van der Waals surface area contributed by atoms with Crippen LogP contribution in [0.5, 0.6) is 0 Å². The molecule has 0 unspecified atom stereocenters. The topological polar surface area (TPSA) is 17.1 Å². The molecule has 59 valence electrons. The number of unbranched alkanes of at least 4 members (excludes halogenated alkanes) is 1. The molecule has 0 aliphatic rings. The van der Waals surface area contributed by atoms with Gasteiger partial charge in [-0.1, -0.05) is 34.1 Å². The minimum atomic E-state index is -0.185. The Kier molecular flexibility index (Phi) is 3.62. The maximum Gasteiger partial charge on any atom is 0.141 e. The Labute approximate surface area is 63.8 Å².